The minimum atomic E-state index is -4.61. The van der Waals surface area contributed by atoms with Crippen LogP contribution in [0.4, 0.5) is 22.4 Å². The Kier molecular flexibility index (Phi) is 6.78. The number of benzene rings is 1. The lowest BCUT2D eigenvalue weighted by molar-refractivity contribution is -0.150. The monoisotopic (exact) mass is 365 g/mol. The third-order valence-electron chi connectivity index (χ3n) is 2.85. The van der Waals surface area contributed by atoms with E-state index in [-0.39, 0.29) is 24.8 Å². The summed E-state index contributed by atoms with van der Waals surface area (Å²) in [6.07, 6.45) is -5.52. The number of aryl methyl sites for hydroxylation is 1. The summed E-state index contributed by atoms with van der Waals surface area (Å²) in [7, 11) is 0. The normalized spacial score (nSPS) is 11.8. The van der Waals surface area contributed by atoms with Gasteiger partial charge in [-0.1, -0.05) is 6.07 Å². The lowest BCUT2D eigenvalue weighted by Crippen LogP contribution is -2.34. The van der Waals surface area contributed by atoms with Crippen LogP contribution in [0.15, 0.2) is 18.2 Å². The molecule has 1 aromatic rings. The third-order valence-corrected chi connectivity index (χ3v) is 2.85. The van der Waals surface area contributed by atoms with Gasteiger partial charge in [0.05, 0.1) is 5.56 Å². The number of hydrogen-bond acceptors (Lipinski definition) is 4. The molecule has 1 aromatic carbocycles. The first-order chi connectivity index (χ1) is 11.4. The second-order valence-corrected chi connectivity index (χ2v) is 6.24. The molecule has 0 aliphatic carbocycles. The van der Waals surface area contributed by atoms with Crippen molar-refractivity contribution in [2.45, 2.75) is 51.8 Å². The molecule has 0 atom stereocenters. The number of carbonyl (C=O) groups excluding carboxylic acids is 2. The van der Waals surface area contributed by atoms with Gasteiger partial charge in [0.2, 0.25) is 0 Å². The zero-order valence-electron chi connectivity index (χ0n) is 14.0. The summed E-state index contributed by atoms with van der Waals surface area (Å²) in [5.74, 6) is -1.77. The van der Waals surface area contributed by atoms with E-state index in [0.717, 1.165) is 12.1 Å². The number of amides is 1. The van der Waals surface area contributed by atoms with E-state index in [2.05, 4.69) is 4.84 Å². The van der Waals surface area contributed by atoms with E-state index in [0.29, 0.717) is 6.07 Å². The highest BCUT2D eigenvalue weighted by atomic mass is 19.4. The average molecular weight is 365 g/mol. The van der Waals surface area contributed by atoms with Gasteiger partial charge in [0, 0.05) is 6.42 Å². The maximum absolute atomic E-state index is 13.6. The van der Waals surface area contributed by atoms with Crippen LogP contribution in [0.2, 0.25) is 0 Å². The number of hydroxylamine groups is 1. The molecule has 5 nitrogen and oxygen atoms in total. The van der Waals surface area contributed by atoms with Gasteiger partial charge in [-0.2, -0.15) is 13.2 Å². The van der Waals surface area contributed by atoms with Crippen LogP contribution in [0.25, 0.3) is 0 Å². The first-order valence-electron chi connectivity index (χ1n) is 7.43. The van der Waals surface area contributed by atoms with Crippen LogP contribution < -0.4 is 5.48 Å². The highest BCUT2D eigenvalue weighted by Crippen LogP contribution is 2.30. The van der Waals surface area contributed by atoms with Crippen LogP contribution in [0.1, 0.15) is 44.7 Å². The molecule has 0 radical (unpaired) electrons. The van der Waals surface area contributed by atoms with Gasteiger partial charge in [-0.3, -0.25) is 0 Å². The van der Waals surface area contributed by atoms with E-state index in [1.807, 2.05) is 5.48 Å². The van der Waals surface area contributed by atoms with Gasteiger partial charge in [-0.05, 0) is 51.3 Å². The molecule has 0 saturated carbocycles. The van der Waals surface area contributed by atoms with Crippen LogP contribution in [0, 0.1) is 5.82 Å². The summed E-state index contributed by atoms with van der Waals surface area (Å²) in [6, 6.07) is 2.22. The topological polar surface area (TPSA) is 64.6 Å². The van der Waals surface area contributed by atoms with Crippen molar-refractivity contribution in [3.8, 4) is 0 Å². The lowest BCUT2D eigenvalue weighted by atomic mass is 10.1. The summed E-state index contributed by atoms with van der Waals surface area (Å²) >= 11 is 0. The molecule has 1 N–H and O–H groups in total. The molecule has 0 fully saturated rings. The number of carbonyl (C=O) groups is 2. The molecule has 0 unspecified atom stereocenters. The van der Waals surface area contributed by atoms with Crippen molar-refractivity contribution >= 4 is 12.1 Å². The molecule has 0 saturated heterocycles. The number of nitrogens with one attached hydrogen (secondary N) is 1. The van der Waals surface area contributed by atoms with Crippen molar-refractivity contribution in [2.24, 2.45) is 0 Å². The Hall–Kier alpha value is -2.32. The van der Waals surface area contributed by atoms with E-state index < -0.39 is 35.2 Å². The maximum Gasteiger partial charge on any atom is 0.441 e. The molecule has 0 aliphatic heterocycles. The SMILES string of the molecule is CC(C)(C)OC(=O)NOC(=O)CCCc1ccc(C(F)(F)F)cc1F. The highest BCUT2D eigenvalue weighted by Gasteiger charge is 2.31. The number of halogens is 4. The van der Waals surface area contributed by atoms with Crippen LogP contribution in [-0.4, -0.2) is 17.7 Å². The number of rotatable bonds is 4. The molecule has 140 valence electrons. The zero-order chi connectivity index (χ0) is 19.3. The minimum Gasteiger partial charge on any atom is -0.442 e. The molecule has 0 heterocycles. The quantitative estimate of drug-likeness (QED) is 0.643. The first kappa shape index (κ1) is 20.7. The third kappa shape index (κ3) is 7.86. The predicted molar refractivity (Wildman–Crippen MR) is 79.8 cm³/mol. The lowest BCUT2D eigenvalue weighted by Gasteiger charge is -2.19. The van der Waals surface area contributed by atoms with Gasteiger partial charge in [-0.25, -0.2) is 14.0 Å². The summed E-state index contributed by atoms with van der Waals surface area (Å²) in [5, 5.41) is 0. The number of hydrogen-bond donors (Lipinski definition) is 1. The fourth-order valence-corrected chi connectivity index (χ4v) is 1.80. The van der Waals surface area contributed by atoms with Gasteiger partial charge < -0.3 is 9.57 Å². The van der Waals surface area contributed by atoms with Crippen molar-refractivity contribution in [1.82, 2.24) is 5.48 Å². The second-order valence-electron chi connectivity index (χ2n) is 6.24. The van der Waals surface area contributed by atoms with Crippen LogP contribution >= 0.6 is 0 Å². The second kappa shape index (κ2) is 8.17. The largest absolute Gasteiger partial charge is 0.442 e. The Balaban J connectivity index is 2.40. The van der Waals surface area contributed by atoms with E-state index in [9.17, 15) is 27.2 Å². The van der Waals surface area contributed by atoms with Crippen LogP contribution in [0.5, 0.6) is 0 Å². The Morgan fingerprint density at radius 1 is 1.16 bits per heavy atom. The van der Waals surface area contributed by atoms with Crippen molar-refractivity contribution in [3.63, 3.8) is 0 Å². The fourth-order valence-electron chi connectivity index (χ4n) is 1.80. The van der Waals surface area contributed by atoms with E-state index in [1.54, 1.807) is 20.8 Å². The predicted octanol–water partition coefficient (Wildman–Crippen LogP) is 4.15. The summed E-state index contributed by atoms with van der Waals surface area (Å²) in [4.78, 5) is 27.2. The number of alkyl halides is 3. The van der Waals surface area contributed by atoms with E-state index in [1.165, 1.54) is 0 Å². The molecular weight excluding hydrogens is 346 g/mol. The Labute approximate surface area is 142 Å². The van der Waals surface area contributed by atoms with E-state index >= 15 is 0 Å². The van der Waals surface area contributed by atoms with Crippen LogP contribution in [0.3, 0.4) is 0 Å². The standard InChI is InChI=1S/C16H19F4NO4/c1-15(2,3)24-14(23)21-25-13(22)6-4-5-10-7-8-11(9-12(10)17)16(18,19)20/h7-9H,4-6H2,1-3H3,(H,21,23). The smallest absolute Gasteiger partial charge is 0.441 e. The molecule has 1 rings (SSSR count). The Bertz CT molecular complexity index is 624. The van der Waals surface area contributed by atoms with Gasteiger partial charge in [-0.15, -0.1) is 5.48 Å². The minimum absolute atomic E-state index is 0.0471. The van der Waals surface area contributed by atoms with Gasteiger partial charge >= 0.3 is 18.2 Å². The maximum atomic E-state index is 13.6. The van der Waals surface area contributed by atoms with Gasteiger partial charge in [0.15, 0.2) is 0 Å². The molecule has 0 spiro atoms. The molecule has 0 aliphatic rings. The first-order valence-corrected chi connectivity index (χ1v) is 7.43. The van der Waals surface area contributed by atoms with Crippen molar-refractivity contribution in [2.75, 3.05) is 0 Å². The molecule has 0 bridgehead atoms. The highest BCUT2D eigenvalue weighted by molar-refractivity contribution is 5.73. The molecule has 1 amide bonds. The summed E-state index contributed by atoms with van der Waals surface area (Å²) < 4.78 is 55.8. The van der Waals surface area contributed by atoms with Crippen LogP contribution in [-0.2, 0) is 27.0 Å². The average Bonchev–Trinajstić information content (AvgIpc) is 2.44. The Morgan fingerprint density at radius 2 is 1.80 bits per heavy atom. The fraction of sp³-hybridized carbons (Fsp3) is 0.500. The summed E-state index contributed by atoms with van der Waals surface area (Å²) in [6.45, 7) is 4.90. The van der Waals surface area contributed by atoms with Gasteiger partial charge in [0.1, 0.15) is 11.4 Å². The Morgan fingerprint density at radius 3 is 2.32 bits per heavy atom. The zero-order valence-corrected chi connectivity index (χ0v) is 14.0. The molecular formula is C16H19F4NO4. The number of ether oxygens (including phenoxy) is 1. The van der Waals surface area contributed by atoms with Crippen molar-refractivity contribution in [1.29, 1.82) is 0 Å². The molecule has 25 heavy (non-hydrogen) atoms. The molecule has 9 heteroatoms. The molecule has 0 aromatic heterocycles. The summed E-state index contributed by atoms with van der Waals surface area (Å²) in [5.41, 5.74) is 0.0420. The van der Waals surface area contributed by atoms with Crippen molar-refractivity contribution in [3.05, 3.63) is 35.1 Å². The van der Waals surface area contributed by atoms with Gasteiger partial charge in [0.25, 0.3) is 0 Å². The van der Waals surface area contributed by atoms with E-state index in [4.69, 9.17) is 4.74 Å². The van der Waals surface area contributed by atoms with Crippen molar-refractivity contribution < 1.29 is 36.7 Å².